The summed E-state index contributed by atoms with van der Waals surface area (Å²) in [6.07, 6.45) is 3.53. The van der Waals surface area contributed by atoms with Gasteiger partial charge in [-0.25, -0.2) is 0 Å². The number of aliphatic carboxylic acids is 2. The zero-order valence-corrected chi connectivity index (χ0v) is 25.0. The third-order valence-electron chi connectivity index (χ3n) is 7.47. The number of Topliss-reactive ketones (excluding diaryl/α,β-unsaturated/α-hetero) is 1. The van der Waals surface area contributed by atoms with E-state index in [0.717, 1.165) is 69.9 Å². The van der Waals surface area contributed by atoms with Crippen molar-refractivity contribution in [3.63, 3.8) is 0 Å². The zero-order chi connectivity index (χ0) is 30.6. The molecular formula is C31H44N4O7. The predicted octanol–water partition coefficient (Wildman–Crippen LogP) is 3.31. The lowest BCUT2D eigenvalue weighted by Gasteiger charge is -2.37. The van der Waals surface area contributed by atoms with Crippen LogP contribution in [0.15, 0.2) is 36.4 Å². The molecule has 2 saturated heterocycles. The number of hydrogen-bond acceptors (Lipinski definition) is 7. The third-order valence-corrected chi connectivity index (χ3v) is 7.47. The van der Waals surface area contributed by atoms with Gasteiger partial charge in [-0.3, -0.25) is 24.1 Å². The molecule has 2 N–H and O–H groups in total. The quantitative estimate of drug-likeness (QED) is 0.302. The van der Waals surface area contributed by atoms with Crippen LogP contribution in [0.1, 0.15) is 62.1 Å². The number of piperazine rings is 1. The number of nitrogens with zero attached hydrogens (tertiary/aromatic N) is 4. The fraction of sp³-hybridized carbons (Fsp3) is 0.548. The van der Waals surface area contributed by atoms with Gasteiger partial charge >= 0.3 is 11.9 Å². The Bertz CT molecular complexity index is 1200. The molecule has 11 nitrogen and oxygen atoms in total. The molecular weight excluding hydrogens is 540 g/mol. The highest BCUT2D eigenvalue weighted by atomic mass is 16.5. The first-order valence-corrected chi connectivity index (χ1v) is 14.7. The van der Waals surface area contributed by atoms with E-state index in [1.165, 1.54) is 5.69 Å². The average molecular weight is 585 g/mol. The molecule has 0 atom stereocenters. The summed E-state index contributed by atoms with van der Waals surface area (Å²) >= 11 is 0. The number of amides is 1. The van der Waals surface area contributed by atoms with E-state index in [4.69, 9.17) is 14.9 Å². The summed E-state index contributed by atoms with van der Waals surface area (Å²) in [5, 5.41) is 15.8. The Morgan fingerprint density at radius 1 is 0.833 bits per heavy atom. The van der Waals surface area contributed by atoms with Gasteiger partial charge in [-0.15, -0.1) is 0 Å². The number of benzene rings is 1. The molecule has 0 saturated carbocycles. The lowest BCUT2D eigenvalue weighted by molar-refractivity contribution is -0.143. The summed E-state index contributed by atoms with van der Waals surface area (Å²) in [6, 6.07) is 12.1. The van der Waals surface area contributed by atoms with Crippen LogP contribution in [-0.4, -0.2) is 100 Å². The minimum atomic E-state index is -1.08. The van der Waals surface area contributed by atoms with E-state index in [2.05, 4.69) is 35.8 Å². The number of anilines is 1. The summed E-state index contributed by atoms with van der Waals surface area (Å²) in [5.74, 6) is -1.94. The molecule has 2 aliphatic rings. The zero-order valence-electron chi connectivity index (χ0n) is 25.0. The van der Waals surface area contributed by atoms with Gasteiger partial charge in [0.05, 0.1) is 30.3 Å². The van der Waals surface area contributed by atoms with Crippen LogP contribution < -0.4 is 9.64 Å². The van der Waals surface area contributed by atoms with E-state index in [0.29, 0.717) is 18.8 Å². The molecule has 2 aromatic rings. The molecule has 230 valence electrons. The van der Waals surface area contributed by atoms with Crippen molar-refractivity contribution in [3.8, 4) is 5.75 Å². The Morgan fingerprint density at radius 3 is 2.05 bits per heavy atom. The lowest BCUT2D eigenvalue weighted by atomic mass is 10.1. The summed E-state index contributed by atoms with van der Waals surface area (Å²) in [7, 11) is 1.90. The molecule has 4 rings (SSSR count). The Hall–Kier alpha value is -3.86. The van der Waals surface area contributed by atoms with Gasteiger partial charge < -0.3 is 29.3 Å². The van der Waals surface area contributed by atoms with Crippen molar-refractivity contribution in [1.82, 2.24) is 14.4 Å². The first-order chi connectivity index (χ1) is 20.1. The van der Waals surface area contributed by atoms with Gasteiger partial charge in [0.1, 0.15) is 5.75 Å². The molecule has 0 bridgehead atoms. The maximum atomic E-state index is 12.8. The molecule has 0 unspecified atom stereocenters. The topological polar surface area (TPSA) is 133 Å². The number of carbonyl (C=O) groups excluding carboxylic acids is 2. The van der Waals surface area contributed by atoms with Crippen molar-refractivity contribution in [1.29, 1.82) is 0 Å². The molecule has 42 heavy (non-hydrogen) atoms. The molecule has 2 aliphatic heterocycles. The van der Waals surface area contributed by atoms with Crippen molar-refractivity contribution < 1.29 is 34.1 Å². The van der Waals surface area contributed by atoms with E-state index in [-0.39, 0.29) is 30.6 Å². The number of hydrogen-bond donors (Lipinski definition) is 2. The molecule has 3 heterocycles. The van der Waals surface area contributed by atoms with Gasteiger partial charge in [-0.1, -0.05) is 12.1 Å². The van der Waals surface area contributed by atoms with Gasteiger partial charge in [-0.05, 0) is 57.4 Å². The number of aromatic nitrogens is 1. The second kappa shape index (κ2) is 16.0. The smallest absolute Gasteiger partial charge is 0.303 e. The first-order valence-electron chi connectivity index (χ1n) is 14.7. The number of carboxylic acid groups (broad SMARTS) is 2. The standard InChI is InChI=1S/C27H38N4O3.C4H6O4/c1-21(2)34-25-10-6-5-9-23(25)30-19-17-29(18-20-30)16-13-22-11-12-24(28(22)3)26(32)27(33)31-14-7-4-8-15-31;5-3(6)1-2-4(7)8/h5-6,9-12,21H,4,7-8,13-20H2,1-3H3;1-2H2,(H,5,6)(H,7,8). The van der Waals surface area contributed by atoms with Gasteiger partial charge in [0.2, 0.25) is 0 Å². The van der Waals surface area contributed by atoms with E-state index in [1.807, 2.05) is 35.9 Å². The van der Waals surface area contributed by atoms with Crippen LogP contribution in [0.2, 0.25) is 0 Å². The van der Waals surface area contributed by atoms with Gasteiger partial charge in [-0.2, -0.15) is 0 Å². The Kier molecular flexibility index (Phi) is 12.4. The maximum absolute atomic E-state index is 12.8. The molecule has 11 heteroatoms. The maximum Gasteiger partial charge on any atom is 0.303 e. The molecule has 0 aliphatic carbocycles. The Balaban J connectivity index is 0.000000531. The van der Waals surface area contributed by atoms with Gasteiger partial charge in [0.25, 0.3) is 11.7 Å². The normalized spacial score (nSPS) is 15.6. The Morgan fingerprint density at radius 2 is 1.45 bits per heavy atom. The van der Waals surface area contributed by atoms with E-state index < -0.39 is 11.9 Å². The van der Waals surface area contributed by atoms with Gasteiger partial charge in [0.15, 0.2) is 0 Å². The van der Waals surface area contributed by atoms with E-state index in [9.17, 15) is 19.2 Å². The monoisotopic (exact) mass is 584 g/mol. The number of carboxylic acids is 2. The number of para-hydroxylation sites is 2. The summed E-state index contributed by atoms with van der Waals surface area (Å²) in [4.78, 5) is 51.3. The number of ketones is 1. The predicted molar refractivity (Wildman–Crippen MR) is 159 cm³/mol. The van der Waals surface area contributed by atoms with Crippen LogP contribution in [-0.2, 0) is 27.9 Å². The molecule has 2 fully saturated rings. The van der Waals surface area contributed by atoms with Crippen molar-refractivity contribution in [3.05, 3.63) is 47.8 Å². The Labute approximate surface area is 247 Å². The molecule has 0 spiro atoms. The van der Waals surface area contributed by atoms with Crippen LogP contribution in [0.5, 0.6) is 5.75 Å². The number of carbonyl (C=O) groups is 4. The molecule has 0 radical (unpaired) electrons. The summed E-state index contributed by atoms with van der Waals surface area (Å²) in [6.45, 7) is 10.3. The van der Waals surface area contributed by atoms with Crippen LogP contribution in [0.25, 0.3) is 0 Å². The van der Waals surface area contributed by atoms with E-state index in [1.54, 1.807) is 4.90 Å². The summed E-state index contributed by atoms with van der Waals surface area (Å²) < 4.78 is 7.91. The van der Waals surface area contributed by atoms with Crippen molar-refractivity contribution in [2.75, 3.05) is 50.7 Å². The number of likely N-dealkylation sites (tertiary alicyclic amines) is 1. The SMILES string of the molecule is CC(C)Oc1ccccc1N1CCN(CCc2ccc(C(=O)C(=O)N3CCCCC3)n2C)CC1.O=C(O)CCC(=O)O. The molecule has 1 amide bonds. The highest BCUT2D eigenvalue weighted by Gasteiger charge is 2.27. The van der Waals surface area contributed by atoms with Crippen LogP contribution in [0.3, 0.4) is 0 Å². The first kappa shape index (κ1) is 32.7. The highest BCUT2D eigenvalue weighted by molar-refractivity contribution is 6.42. The fourth-order valence-corrected chi connectivity index (χ4v) is 5.15. The van der Waals surface area contributed by atoms with Crippen molar-refractivity contribution >= 4 is 29.3 Å². The minimum Gasteiger partial charge on any atom is -0.489 e. The summed E-state index contributed by atoms with van der Waals surface area (Å²) in [5.41, 5.74) is 2.75. The van der Waals surface area contributed by atoms with Crippen molar-refractivity contribution in [2.45, 2.75) is 58.5 Å². The van der Waals surface area contributed by atoms with E-state index >= 15 is 0 Å². The van der Waals surface area contributed by atoms with Crippen LogP contribution >= 0.6 is 0 Å². The van der Waals surface area contributed by atoms with Crippen LogP contribution in [0.4, 0.5) is 5.69 Å². The lowest BCUT2D eigenvalue weighted by Crippen LogP contribution is -2.47. The second-order valence-electron chi connectivity index (χ2n) is 11.0. The largest absolute Gasteiger partial charge is 0.489 e. The molecule has 1 aromatic carbocycles. The fourth-order valence-electron chi connectivity index (χ4n) is 5.15. The average Bonchev–Trinajstić information content (AvgIpc) is 3.35. The number of ether oxygens (including phenoxy) is 1. The molecule has 1 aromatic heterocycles. The van der Waals surface area contributed by atoms with Gasteiger partial charge in [0, 0.05) is 65.0 Å². The van der Waals surface area contributed by atoms with Crippen LogP contribution in [0, 0.1) is 0 Å². The van der Waals surface area contributed by atoms with Crippen molar-refractivity contribution in [2.24, 2.45) is 7.05 Å². The number of piperidine rings is 1. The second-order valence-corrected chi connectivity index (χ2v) is 11.0. The number of rotatable bonds is 11. The minimum absolute atomic E-state index is 0.152. The third kappa shape index (κ3) is 9.61. The highest BCUT2D eigenvalue weighted by Crippen LogP contribution is 2.29.